The predicted octanol–water partition coefficient (Wildman–Crippen LogP) is 8.86. The Kier molecular flexibility index (Phi) is 14.7. The number of anilines is 2. The van der Waals surface area contributed by atoms with Crippen molar-refractivity contribution in [2.75, 3.05) is 29.4 Å². The van der Waals surface area contributed by atoms with Crippen LogP contribution < -0.4 is 31.1 Å². The number of unbranched alkanes of at least 4 members (excludes halogenated alkanes) is 1. The van der Waals surface area contributed by atoms with E-state index in [0.29, 0.717) is 12.1 Å². The van der Waals surface area contributed by atoms with Gasteiger partial charge in [-0.25, -0.2) is 0 Å². The van der Waals surface area contributed by atoms with Gasteiger partial charge in [-0.1, -0.05) is 41.0 Å². The zero-order valence-electron chi connectivity index (χ0n) is 37.3. The molecule has 2 fully saturated rings. The van der Waals surface area contributed by atoms with E-state index < -0.39 is 0 Å². The molecule has 52 heavy (non-hydrogen) atoms. The number of aromatic nitrogens is 3. The van der Waals surface area contributed by atoms with Gasteiger partial charge in [0.15, 0.2) is 5.82 Å². The molecule has 1 aromatic rings. The number of piperidine rings is 2. The van der Waals surface area contributed by atoms with Crippen LogP contribution in [0.2, 0.25) is 0 Å². The third kappa shape index (κ3) is 12.2. The van der Waals surface area contributed by atoms with E-state index in [-0.39, 0.29) is 38.8 Å². The summed E-state index contributed by atoms with van der Waals surface area (Å²) >= 11 is 0. The van der Waals surface area contributed by atoms with Gasteiger partial charge in [-0.15, -0.1) is 0 Å². The van der Waals surface area contributed by atoms with Gasteiger partial charge >= 0.3 is 0 Å². The van der Waals surface area contributed by atoms with E-state index in [9.17, 15) is 0 Å². The molecule has 0 radical (unpaired) electrons. The van der Waals surface area contributed by atoms with Crippen LogP contribution in [0.1, 0.15) is 194 Å². The first-order valence-electron chi connectivity index (χ1n) is 21.3. The van der Waals surface area contributed by atoms with Crippen LogP contribution in [0.4, 0.5) is 11.9 Å². The Morgan fingerprint density at radius 1 is 0.615 bits per heavy atom. The lowest BCUT2D eigenvalue weighted by Crippen LogP contribution is -2.63. The molecule has 0 amide bonds. The maximum atomic E-state index is 5.57. The van der Waals surface area contributed by atoms with Gasteiger partial charge in [0.1, 0.15) is 0 Å². The minimum Gasteiger partial charge on any atom is -0.338 e. The molecule has 0 saturated carbocycles. The summed E-state index contributed by atoms with van der Waals surface area (Å²) in [5.41, 5.74) is -0.218. The topological polar surface area (TPSA) is 93.3 Å². The van der Waals surface area contributed by atoms with Gasteiger partial charge in [-0.3, -0.25) is 0 Å². The highest BCUT2D eigenvalue weighted by Gasteiger charge is 2.44. The molecule has 1 aromatic heterocycles. The lowest BCUT2D eigenvalue weighted by molar-refractivity contribution is 0.157. The van der Waals surface area contributed by atoms with Crippen molar-refractivity contribution in [3.05, 3.63) is 5.82 Å². The van der Waals surface area contributed by atoms with Gasteiger partial charge in [0.05, 0.1) is 5.54 Å². The van der Waals surface area contributed by atoms with Crippen LogP contribution in [0.25, 0.3) is 0 Å². The Morgan fingerprint density at radius 2 is 1.06 bits per heavy atom. The highest BCUT2D eigenvalue weighted by atomic mass is 15.4. The zero-order chi connectivity index (χ0) is 39.4. The van der Waals surface area contributed by atoms with Crippen LogP contribution in [-0.2, 0) is 5.54 Å². The Hall–Kier alpha value is -1.55. The SMILES string of the molecule is CCCCN(c1nc(N(CCC)C2CC(C)(C)NC(C)(C)C2)nc(C(CC)(CC)NCCC(C)(C)NC(C)(C)CC)n1)C1CC(C)(C)NC(C)(C)C1. The first kappa shape index (κ1) is 44.8. The van der Waals surface area contributed by atoms with Crippen LogP contribution in [0.15, 0.2) is 0 Å². The van der Waals surface area contributed by atoms with Crippen molar-refractivity contribution in [3.8, 4) is 0 Å². The number of hydrogen-bond acceptors (Lipinski definition) is 9. The highest BCUT2D eigenvalue weighted by molar-refractivity contribution is 5.43. The van der Waals surface area contributed by atoms with Gasteiger partial charge in [0.2, 0.25) is 11.9 Å². The van der Waals surface area contributed by atoms with E-state index in [1.54, 1.807) is 0 Å². The molecule has 2 saturated heterocycles. The maximum Gasteiger partial charge on any atom is 0.230 e. The second kappa shape index (κ2) is 17.1. The minimum absolute atomic E-state index is 0.00667. The van der Waals surface area contributed by atoms with Gasteiger partial charge < -0.3 is 31.1 Å². The van der Waals surface area contributed by atoms with Gasteiger partial charge in [0.25, 0.3) is 0 Å². The summed E-state index contributed by atoms with van der Waals surface area (Å²) in [6, 6.07) is 0.659. The van der Waals surface area contributed by atoms with E-state index in [1.165, 1.54) is 0 Å². The van der Waals surface area contributed by atoms with Crippen molar-refractivity contribution in [2.45, 2.75) is 239 Å². The van der Waals surface area contributed by atoms with Gasteiger partial charge in [-0.05, 0) is 154 Å². The second-order valence-electron chi connectivity index (χ2n) is 20.6. The largest absolute Gasteiger partial charge is 0.338 e. The average molecular weight is 728 g/mol. The van der Waals surface area contributed by atoms with E-state index in [0.717, 1.165) is 108 Å². The zero-order valence-corrected chi connectivity index (χ0v) is 37.3. The lowest BCUT2D eigenvalue weighted by Gasteiger charge is -2.50. The molecule has 4 N–H and O–H groups in total. The molecular weight excluding hydrogens is 643 g/mol. The summed E-state index contributed by atoms with van der Waals surface area (Å²) in [6.45, 7) is 42.3. The highest BCUT2D eigenvalue weighted by Crippen LogP contribution is 2.38. The van der Waals surface area contributed by atoms with E-state index in [4.69, 9.17) is 15.0 Å². The summed E-state index contributed by atoms with van der Waals surface area (Å²) in [5, 5.41) is 15.8. The first-order valence-corrected chi connectivity index (χ1v) is 21.3. The molecule has 0 unspecified atom stereocenters. The van der Waals surface area contributed by atoms with Crippen LogP contribution in [0, 0.1) is 0 Å². The third-order valence-electron chi connectivity index (χ3n) is 12.0. The summed E-state index contributed by atoms with van der Waals surface area (Å²) in [5.74, 6) is 2.62. The predicted molar refractivity (Wildman–Crippen MR) is 225 cm³/mol. The van der Waals surface area contributed by atoms with E-state index in [2.05, 4.69) is 149 Å². The fourth-order valence-electron chi connectivity index (χ4n) is 9.84. The first-order chi connectivity index (χ1) is 23.9. The Morgan fingerprint density at radius 3 is 1.44 bits per heavy atom. The second-order valence-corrected chi connectivity index (χ2v) is 20.6. The lowest BCUT2D eigenvalue weighted by atomic mass is 9.79. The molecule has 0 bridgehead atoms. The molecule has 302 valence electrons. The molecule has 0 aromatic carbocycles. The maximum absolute atomic E-state index is 5.57. The standard InChI is InChI=1S/C43H85N9/c1-18-23-27-52(33-30-41(14,15)50-42(16,17)31-33)36-46-34(43(21-4,22-5)44-25-24-38(8,9)48-37(6,7)20-3)45-35(47-36)51(26-19-2)32-28-39(10,11)49-40(12,13)29-32/h32-33,44,48-50H,18-31H2,1-17H3. The number of rotatable bonds is 19. The molecule has 0 spiro atoms. The van der Waals surface area contributed by atoms with Crippen LogP contribution >= 0.6 is 0 Å². The molecule has 2 aliphatic rings. The van der Waals surface area contributed by atoms with E-state index >= 15 is 0 Å². The fraction of sp³-hybridized carbons (Fsp3) is 0.930. The van der Waals surface area contributed by atoms with Crippen molar-refractivity contribution in [3.63, 3.8) is 0 Å². The molecular formula is C43H85N9. The Labute approximate surface area is 321 Å². The quantitative estimate of drug-likeness (QED) is 0.112. The van der Waals surface area contributed by atoms with Gasteiger partial charge in [-0.2, -0.15) is 15.0 Å². The normalized spacial score (nSPS) is 20.9. The summed E-state index contributed by atoms with van der Waals surface area (Å²) in [7, 11) is 0. The van der Waals surface area contributed by atoms with Crippen molar-refractivity contribution >= 4 is 11.9 Å². The molecule has 0 atom stereocenters. The van der Waals surface area contributed by atoms with Crippen molar-refractivity contribution in [1.82, 2.24) is 36.2 Å². The third-order valence-corrected chi connectivity index (χ3v) is 12.0. The summed E-state index contributed by atoms with van der Waals surface area (Å²) in [6.07, 6.45) is 11.4. The Balaban J connectivity index is 2.21. The van der Waals surface area contributed by atoms with E-state index in [1.807, 2.05) is 0 Å². The molecule has 2 aliphatic heterocycles. The van der Waals surface area contributed by atoms with Gasteiger partial charge in [0, 0.05) is 58.4 Å². The van der Waals surface area contributed by atoms with Crippen molar-refractivity contribution < 1.29 is 0 Å². The average Bonchev–Trinajstić information content (AvgIpc) is 2.98. The smallest absolute Gasteiger partial charge is 0.230 e. The molecule has 0 aliphatic carbocycles. The number of nitrogens with one attached hydrogen (secondary N) is 4. The summed E-state index contributed by atoms with van der Waals surface area (Å²) in [4.78, 5) is 21.8. The van der Waals surface area contributed by atoms with Crippen molar-refractivity contribution in [2.24, 2.45) is 0 Å². The molecule has 9 nitrogen and oxygen atoms in total. The summed E-state index contributed by atoms with van der Waals surface area (Å²) < 4.78 is 0. The monoisotopic (exact) mass is 728 g/mol. The van der Waals surface area contributed by atoms with Crippen LogP contribution in [0.5, 0.6) is 0 Å². The van der Waals surface area contributed by atoms with Crippen molar-refractivity contribution in [1.29, 1.82) is 0 Å². The number of nitrogens with zero attached hydrogens (tertiary/aromatic N) is 5. The molecule has 9 heteroatoms. The van der Waals surface area contributed by atoms with Crippen LogP contribution in [0.3, 0.4) is 0 Å². The molecule has 3 rings (SSSR count). The van der Waals surface area contributed by atoms with Crippen LogP contribution in [-0.4, -0.2) is 79.9 Å². The minimum atomic E-state index is -0.365. The number of hydrogen-bond donors (Lipinski definition) is 4. The molecule has 3 heterocycles. The Bertz CT molecular complexity index is 1230. The fourth-order valence-corrected chi connectivity index (χ4v) is 9.84.